The molecule has 1 N–H and O–H groups in total. The summed E-state index contributed by atoms with van der Waals surface area (Å²) < 4.78 is 9.82. The zero-order chi connectivity index (χ0) is 22.8. The summed E-state index contributed by atoms with van der Waals surface area (Å²) in [5.41, 5.74) is 1.59. The van der Waals surface area contributed by atoms with Gasteiger partial charge in [0, 0.05) is 6.42 Å². The van der Waals surface area contributed by atoms with E-state index < -0.39 is 35.5 Å². The number of ether oxygens (including phenoxy) is 2. The van der Waals surface area contributed by atoms with Crippen LogP contribution in [0.1, 0.15) is 78.9 Å². The van der Waals surface area contributed by atoms with E-state index in [0.29, 0.717) is 5.92 Å². The largest absolute Gasteiger partial charge is 0.481 e. The van der Waals surface area contributed by atoms with Gasteiger partial charge in [0.25, 0.3) is 0 Å². The van der Waals surface area contributed by atoms with Gasteiger partial charge in [-0.25, -0.2) is 4.79 Å². The number of rotatable bonds is 7. The molecular weight excluding hydrogens is 372 g/mol. The van der Waals surface area contributed by atoms with Crippen LogP contribution in [0.25, 0.3) is 0 Å². The Bertz CT molecular complexity index is 655. The van der Waals surface area contributed by atoms with Gasteiger partial charge in [0.05, 0.1) is 5.92 Å². The van der Waals surface area contributed by atoms with Crippen LogP contribution in [-0.2, 0) is 30.3 Å². The summed E-state index contributed by atoms with van der Waals surface area (Å²) in [6.45, 7) is 14.5. The summed E-state index contributed by atoms with van der Waals surface area (Å²) in [5.74, 6) is -1.47. The van der Waals surface area contributed by atoms with Crippen molar-refractivity contribution in [2.75, 3.05) is 0 Å². The number of aliphatic carboxylic acids is 1. The van der Waals surface area contributed by atoms with Crippen molar-refractivity contribution in [3.05, 3.63) is 35.4 Å². The molecule has 0 bridgehead atoms. The number of carbonyl (C=O) groups excluding carboxylic acids is 2. The van der Waals surface area contributed by atoms with E-state index in [1.165, 1.54) is 12.5 Å². The molecule has 1 rings (SSSR count). The molecule has 0 amide bonds. The predicted octanol–water partition coefficient (Wildman–Crippen LogP) is 4.74. The smallest absolute Gasteiger partial charge is 0.347 e. The molecule has 0 aromatic heterocycles. The minimum atomic E-state index is -0.832. The van der Waals surface area contributed by atoms with Crippen LogP contribution in [0.2, 0.25) is 0 Å². The second-order valence-corrected chi connectivity index (χ2v) is 8.42. The van der Waals surface area contributed by atoms with E-state index in [1.807, 2.05) is 24.3 Å². The van der Waals surface area contributed by atoms with E-state index in [4.69, 9.17) is 14.6 Å². The van der Waals surface area contributed by atoms with E-state index in [1.54, 1.807) is 34.6 Å². The third-order valence-corrected chi connectivity index (χ3v) is 3.83. The summed E-state index contributed by atoms with van der Waals surface area (Å²) in [6, 6.07) is 7.87. The summed E-state index contributed by atoms with van der Waals surface area (Å²) in [7, 11) is 0. The summed E-state index contributed by atoms with van der Waals surface area (Å²) in [4.78, 5) is 32.9. The van der Waals surface area contributed by atoms with E-state index in [9.17, 15) is 14.4 Å². The van der Waals surface area contributed by atoms with E-state index in [0.717, 1.165) is 12.0 Å². The molecule has 0 heterocycles. The molecule has 0 saturated heterocycles. The zero-order valence-corrected chi connectivity index (χ0v) is 18.9. The van der Waals surface area contributed by atoms with Crippen LogP contribution in [0.4, 0.5) is 0 Å². The average Bonchev–Trinajstić information content (AvgIpc) is 2.60. The van der Waals surface area contributed by atoms with Gasteiger partial charge < -0.3 is 14.6 Å². The lowest BCUT2D eigenvalue weighted by Crippen LogP contribution is -2.32. The number of carboxylic acid groups (broad SMARTS) is 1. The molecule has 2 unspecified atom stereocenters. The third-order valence-electron chi connectivity index (χ3n) is 3.83. The van der Waals surface area contributed by atoms with Crippen molar-refractivity contribution in [2.24, 2.45) is 5.92 Å². The first-order chi connectivity index (χ1) is 13.3. The minimum Gasteiger partial charge on any atom is -0.481 e. The Labute approximate surface area is 174 Å². The summed E-state index contributed by atoms with van der Waals surface area (Å²) >= 11 is 0. The standard InChI is InChI=1S/C13H18O2.C10H18O4/c1-9(2)8-11-4-6-12(7-5-11)10(3)13(14)15;1-6-8(11)13-7(2)9(12)14-10(3,4)5/h4-7,9-10H,8H2,1-3H3,(H,14,15);7H,6H2,1-5H3. The topological polar surface area (TPSA) is 89.9 Å². The second kappa shape index (κ2) is 12.2. The fraction of sp³-hybridized carbons (Fsp3) is 0.609. The van der Waals surface area contributed by atoms with Crippen LogP contribution in [0.15, 0.2) is 24.3 Å². The van der Waals surface area contributed by atoms with E-state index in [2.05, 4.69) is 13.8 Å². The molecule has 164 valence electrons. The van der Waals surface area contributed by atoms with Crippen molar-refractivity contribution in [3.63, 3.8) is 0 Å². The van der Waals surface area contributed by atoms with Gasteiger partial charge in [-0.15, -0.1) is 0 Å². The molecule has 1 aromatic carbocycles. The van der Waals surface area contributed by atoms with Crippen molar-refractivity contribution in [1.82, 2.24) is 0 Å². The highest BCUT2D eigenvalue weighted by molar-refractivity contribution is 5.79. The van der Waals surface area contributed by atoms with Crippen molar-refractivity contribution in [1.29, 1.82) is 0 Å². The van der Waals surface area contributed by atoms with Crippen LogP contribution in [-0.4, -0.2) is 34.7 Å². The lowest BCUT2D eigenvalue weighted by Gasteiger charge is -2.22. The van der Waals surface area contributed by atoms with Gasteiger partial charge in [0.15, 0.2) is 6.10 Å². The van der Waals surface area contributed by atoms with Crippen LogP contribution >= 0.6 is 0 Å². The molecule has 1 aromatic rings. The van der Waals surface area contributed by atoms with Crippen molar-refractivity contribution < 1.29 is 29.0 Å². The minimum absolute atomic E-state index is 0.257. The molecule has 6 nitrogen and oxygen atoms in total. The number of benzene rings is 1. The summed E-state index contributed by atoms with van der Waals surface area (Å²) in [5, 5.41) is 8.85. The SMILES string of the molecule is CC(C)Cc1ccc(C(C)C(=O)O)cc1.CCC(=O)OC(C)C(=O)OC(C)(C)C. The number of carboxylic acids is 1. The van der Waals surface area contributed by atoms with E-state index >= 15 is 0 Å². The average molecular weight is 409 g/mol. The Morgan fingerprint density at radius 3 is 1.90 bits per heavy atom. The molecule has 0 aliphatic heterocycles. The highest BCUT2D eigenvalue weighted by atomic mass is 16.6. The van der Waals surface area contributed by atoms with Crippen LogP contribution in [0.3, 0.4) is 0 Å². The molecule has 0 aliphatic rings. The fourth-order valence-corrected chi connectivity index (χ4v) is 2.27. The van der Waals surface area contributed by atoms with Gasteiger partial charge >= 0.3 is 17.9 Å². The zero-order valence-electron chi connectivity index (χ0n) is 18.9. The summed E-state index contributed by atoms with van der Waals surface area (Å²) in [6.07, 6.45) is 0.469. The molecule has 2 atom stereocenters. The first kappa shape index (κ1) is 26.6. The highest BCUT2D eigenvalue weighted by Gasteiger charge is 2.23. The number of hydrogen-bond donors (Lipinski definition) is 1. The Kier molecular flexibility index (Phi) is 11.2. The Morgan fingerprint density at radius 1 is 1.00 bits per heavy atom. The third kappa shape index (κ3) is 11.9. The van der Waals surface area contributed by atoms with Gasteiger partial charge in [-0.05, 0) is 58.1 Å². The Balaban J connectivity index is 0.000000543. The highest BCUT2D eigenvalue weighted by Crippen LogP contribution is 2.17. The maximum Gasteiger partial charge on any atom is 0.347 e. The van der Waals surface area contributed by atoms with Crippen LogP contribution in [0.5, 0.6) is 0 Å². The van der Waals surface area contributed by atoms with Crippen molar-refractivity contribution in [2.45, 2.75) is 85.9 Å². The van der Waals surface area contributed by atoms with Gasteiger partial charge in [-0.3, -0.25) is 9.59 Å². The van der Waals surface area contributed by atoms with E-state index in [-0.39, 0.29) is 6.42 Å². The van der Waals surface area contributed by atoms with Crippen LogP contribution < -0.4 is 0 Å². The van der Waals surface area contributed by atoms with Gasteiger partial charge in [-0.1, -0.05) is 45.0 Å². The monoisotopic (exact) mass is 408 g/mol. The Morgan fingerprint density at radius 2 is 1.52 bits per heavy atom. The predicted molar refractivity (Wildman–Crippen MR) is 113 cm³/mol. The van der Waals surface area contributed by atoms with Crippen molar-refractivity contribution in [3.8, 4) is 0 Å². The van der Waals surface area contributed by atoms with Gasteiger partial charge in [-0.2, -0.15) is 0 Å². The van der Waals surface area contributed by atoms with Gasteiger partial charge in [0.1, 0.15) is 5.60 Å². The molecule has 0 saturated carbocycles. The molecule has 6 heteroatoms. The molecule has 0 spiro atoms. The normalized spacial score (nSPS) is 13.0. The maximum absolute atomic E-state index is 11.3. The quantitative estimate of drug-likeness (QED) is 0.655. The Hall–Kier alpha value is -2.37. The molecule has 0 aliphatic carbocycles. The lowest BCUT2D eigenvalue weighted by atomic mass is 9.97. The van der Waals surface area contributed by atoms with Crippen molar-refractivity contribution >= 4 is 17.9 Å². The number of hydrogen-bond acceptors (Lipinski definition) is 5. The van der Waals surface area contributed by atoms with Gasteiger partial charge in [0.2, 0.25) is 0 Å². The first-order valence-corrected chi connectivity index (χ1v) is 10.0. The lowest BCUT2D eigenvalue weighted by molar-refractivity contribution is -0.174. The number of esters is 2. The molecule has 0 radical (unpaired) electrons. The second-order valence-electron chi connectivity index (χ2n) is 8.42. The fourth-order valence-electron chi connectivity index (χ4n) is 2.27. The van der Waals surface area contributed by atoms with Crippen LogP contribution in [0, 0.1) is 5.92 Å². The first-order valence-electron chi connectivity index (χ1n) is 10.0. The molecule has 0 fully saturated rings. The maximum atomic E-state index is 11.3. The number of carbonyl (C=O) groups is 3. The molecular formula is C23H36O6. The molecule has 29 heavy (non-hydrogen) atoms.